The molecule has 96 valence electrons. The van der Waals surface area contributed by atoms with E-state index in [1.54, 1.807) is 0 Å². The third-order valence-electron chi connectivity index (χ3n) is 3.18. The Labute approximate surface area is 114 Å². The molecule has 0 amide bonds. The van der Waals surface area contributed by atoms with Gasteiger partial charge in [-0.1, -0.05) is 72.8 Å². The Balaban J connectivity index is 2.02. The third kappa shape index (κ3) is 4.22. The molecule has 1 atom stereocenters. The van der Waals surface area contributed by atoms with Crippen LogP contribution in [0.2, 0.25) is 0 Å². The third-order valence-corrected chi connectivity index (χ3v) is 3.18. The van der Waals surface area contributed by atoms with E-state index in [9.17, 15) is 4.79 Å². The standard InChI is InChI=1S/C18H18O/c19-15-14-18(17-11-5-2-6-12-17)13-7-10-16-8-3-1-4-9-16/h1-12,15,18H,13-14H2. The van der Waals surface area contributed by atoms with Gasteiger partial charge in [-0.2, -0.15) is 0 Å². The number of carbonyl (C=O) groups excluding carboxylic acids is 1. The normalized spacial score (nSPS) is 12.4. The van der Waals surface area contributed by atoms with Gasteiger partial charge in [-0.15, -0.1) is 0 Å². The quantitative estimate of drug-likeness (QED) is 0.692. The Kier molecular flexibility index (Phi) is 5.12. The lowest BCUT2D eigenvalue weighted by atomic mass is 9.93. The molecule has 2 rings (SSSR count). The van der Waals surface area contributed by atoms with E-state index in [4.69, 9.17) is 0 Å². The molecule has 0 aromatic heterocycles. The average Bonchev–Trinajstić information content (AvgIpc) is 2.48. The van der Waals surface area contributed by atoms with Crippen LogP contribution in [0.5, 0.6) is 0 Å². The van der Waals surface area contributed by atoms with Crippen LogP contribution < -0.4 is 0 Å². The van der Waals surface area contributed by atoms with Gasteiger partial charge in [0.15, 0.2) is 0 Å². The molecule has 0 saturated carbocycles. The molecule has 0 fully saturated rings. The molecule has 2 aromatic rings. The first-order valence-electron chi connectivity index (χ1n) is 6.60. The highest BCUT2D eigenvalue weighted by atomic mass is 16.1. The van der Waals surface area contributed by atoms with Crippen LogP contribution in [0.4, 0.5) is 0 Å². The van der Waals surface area contributed by atoms with E-state index in [0.29, 0.717) is 6.42 Å². The van der Waals surface area contributed by atoms with Crippen LogP contribution in [0.15, 0.2) is 66.7 Å². The molecule has 0 bridgehead atoms. The first-order valence-corrected chi connectivity index (χ1v) is 6.60. The molecular formula is C18H18O. The van der Waals surface area contributed by atoms with Crippen molar-refractivity contribution in [3.63, 3.8) is 0 Å². The van der Waals surface area contributed by atoms with Gasteiger partial charge in [0.1, 0.15) is 6.29 Å². The predicted molar refractivity (Wildman–Crippen MR) is 80.0 cm³/mol. The van der Waals surface area contributed by atoms with Crippen molar-refractivity contribution in [1.29, 1.82) is 0 Å². The summed E-state index contributed by atoms with van der Waals surface area (Å²) in [4.78, 5) is 10.8. The highest BCUT2D eigenvalue weighted by Gasteiger charge is 2.08. The van der Waals surface area contributed by atoms with Crippen molar-refractivity contribution in [1.82, 2.24) is 0 Å². The van der Waals surface area contributed by atoms with E-state index in [1.165, 1.54) is 11.1 Å². The van der Waals surface area contributed by atoms with Crippen LogP contribution in [0.3, 0.4) is 0 Å². The fourth-order valence-electron chi connectivity index (χ4n) is 2.14. The summed E-state index contributed by atoms with van der Waals surface area (Å²) in [5.41, 5.74) is 2.42. The Morgan fingerprint density at radius 3 is 2.11 bits per heavy atom. The maximum Gasteiger partial charge on any atom is 0.120 e. The lowest BCUT2D eigenvalue weighted by Crippen LogP contribution is -1.98. The Hall–Kier alpha value is -2.15. The first-order chi connectivity index (χ1) is 9.40. The number of benzene rings is 2. The van der Waals surface area contributed by atoms with Crippen molar-refractivity contribution in [3.05, 3.63) is 77.9 Å². The fourth-order valence-corrected chi connectivity index (χ4v) is 2.14. The maximum absolute atomic E-state index is 10.8. The summed E-state index contributed by atoms with van der Waals surface area (Å²) in [5, 5.41) is 0. The van der Waals surface area contributed by atoms with Gasteiger partial charge in [0.05, 0.1) is 0 Å². The Morgan fingerprint density at radius 2 is 1.47 bits per heavy atom. The summed E-state index contributed by atoms with van der Waals surface area (Å²) in [7, 11) is 0. The summed E-state index contributed by atoms with van der Waals surface area (Å²) in [6, 6.07) is 20.4. The largest absolute Gasteiger partial charge is 0.303 e. The van der Waals surface area contributed by atoms with E-state index < -0.39 is 0 Å². The first kappa shape index (κ1) is 13.3. The molecule has 0 aliphatic carbocycles. The lowest BCUT2D eigenvalue weighted by Gasteiger charge is -2.11. The molecule has 0 N–H and O–H groups in total. The highest BCUT2D eigenvalue weighted by Crippen LogP contribution is 2.23. The van der Waals surface area contributed by atoms with Crippen LogP contribution in [0.25, 0.3) is 6.08 Å². The van der Waals surface area contributed by atoms with E-state index in [-0.39, 0.29) is 5.92 Å². The van der Waals surface area contributed by atoms with E-state index in [0.717, 1.165) is 12.7 Å². The second kappa shape index (κ2) is 7.32. The van der Waals surface area contributed by atoms with Crippen molar-refractivity contribution in [3.8, 4) is 0 Å². The van der Waals surface area contributed by atoms with Gasteiger partial charge >= 0.3 is 0 Å². The number of rotatable bonds is 6. The zero-order valence-electron chi connectivity index (χ0n) is 10.9. The zero-order chi connectivity index (χ0) is 13.3. The molecule has 0 aliphatic heterocycles. The monoisotopic (exact) mass is 250 g/mol. The molecule has 0 aliphatic rings. The van der Waals surface area contributed by atoms with Crippen LogP contribution in [0.1, 0.15) is 29.9 Å². The second-order valence-corrected chi connectivity index (χ2v) is 4.56. The molecular weight excluding hydrogens is 232 g/mol. The van der Waals surface area contributed by atoms with Crippen LogP contribution in [0, 0.1) is 0 Å². The molecule has 0 heterocycles. The number of aldehydes is 1. The van der Waals surface area contributed by atoms with Crippen molar-refractivity contribution in [2.24, 2.45) is 0 Å². The maximum atomic E-state index is 10.8. The Morgan fingerprint density at radius 1 is 0.842 bits per heavy atom. The number of hydrogen-bond donors (Lipinski definition) is 0. The van der Waals surface area contributed by atoms with Gasteiger partial charge < -0.3 is 4.79 Å². The van der Waals surface area contributed by atoms with Gasteiger partial charge in [-0.05, 0) is 23.5 Å². The van der Waals surface area contributed by atoms with Gasteiger partial charge in [-0.25, -0.2) is 0 Å². The van der Waals surface area contributed by atoms with Crippen molar-refractivity contribution in [2.45, 2.75) is 18.8 Å². The molecule has 0 saturated heterocycles. The van der Waals surface area contributed by atoms with E-state index in [1.807, 2.05) is 36.4 Å². The predicted octanol–water partition coefficient (Wildman–Crippen LogP) is 4.46. The van der Waals surface area contributed by atoms with E-state index >= 15 is 0 Å². The highest BCUT2D eigenvalue weighted by molar-refractivity contribution is 5.53. The SMILES string of the molecule is O=CCC(CC=Cc1ccccc1)c1ccccc1. The number of carbonyl (C=O) groups is 1. The van der Waals surface area contributed by atoms with Gasteiger partial charge in [0.25, 0.3) is 0 Å². The van der Waals surface area contributed by atoms with Crippen LogP contribution in [-0.2, 0) is 4.79 Å². The second-order valence-electron chi connectivity index (χ2n) is 4.56. The summed E-state index contributed by atoms with van der Waals surface area (Å²) < 4.78 is 0. The molecule has 0 radical (unpaired) electrons. The Bertz CT molecular complexity index is 514. The van der Waals surface area contributed by atoms with Gasteiger partial charge in [-0.3, -0.25) is 0 Å². The summed E-state index contributed by atoms with van der Waals surface area (Å²) in [5.74, 6) is 0.277. The van der Waals surface area contributed by atoms with E-state index in [2.05, 4.69) is 36.4 Å². The molecule has 0 spiro atoms. The minimum absolute atomic E-state index is 0.277. The fraction of sp³-hybridized carbons (Fsp3) is 0.167. The van der Waals surface area contributed by atoms with Gasteiger partial charge in [0.2, 0.25) is 0 Å². The summed E-state index contributed by atoms with van der Waals surface area (Å²) in [6.07, 6.45) is 6.73. The van der Waals surface area contributed by atoms with Crippen LogP contribution >= 0.6 is 0 Å². The minimum Gasteiger partial charge on any atom is -0.303 e. The van der Waals surface area contributed by atoms with Crippen molar-refractivity contribution in [2.75, 3.05) is 0 Å². The summed E-state index contributed by atoms with van der Waals surface area (Å²) >= 11 is 0. The van der Waals surface area contributed by atoms with Crippen molar-refractivity contribution >= 4 is 12.4 Å². The molecule has 1 heteroatoms. The number of hydrogen-bond acceptors (Lipinski definition) is 1. The summed E-state index contributed by atoms with van der Waals surface area (Å²) in [6.45, 7) is 0. The lowest BCUT2D eigenvalue weighted by molar-refractivity contribution is -0.108. The average molecular weight is 250 g/mol. The molecule has 1 unspecified atom stereocenters. The molecule has 19 heavy (non-hydrogen) atoms. The van der Waals surface area contributed by atoms with Gasteiger partial charge in [0, 0.05) is 6.42 Å². The topological polar surface area (TPSA) is 17.1 Å². The van der Waals surface area contributed by atoms with Crippen molar-refractivity contribution < 1.29 is 4.79 Å². The zero-order valence-corrected chi connectivity index (χ0v) is 10.9. The molecule has 2 aromatic carbocycles. The minimum atomic E-state index is 0.277. The van der Waals surface area contributed by atoms with Crippen LogP contribution in [-0.4, -0.2) is 6.29 Å². The number of allylic oxidation sites excluding steroid dienone is 1. The smallest absolute Gasteiger partial charge is 0.120 e. The molecule has 1 nitrogen and oxygen atoms in total.